The average molecular weight is 241 g/mol. The molecule has 1 aromatic carbocycles. The van der Waals surface area contributed by atoms with Crippen molar-refractivity contribution >= 4 is 16.6 Å². The number of piperidine rings is 1. The molecule has 1 saturated heterocycles. The largest absolute Gasteiger partial charge is 0.398 e. The molecule has 3 heteroatoms. The number of anilines is 1. The molecule has 0 saturated carbocycles. The minimum Gasteiger partial charge on any atom is -0.398 e. The number of nitrogens with two attached hydrogens (primary N) is 1. The van der Waals surface area contributed by atoms with Crippen LogP contribution < -0.4 is 11.1 Å². The van der Waals surface area contributed by atoms with Crippen molar-refractivity contribution in [3.8, 4) is 0 Å². The van der Waals surface area contributed by atoms with E-state index in [1.54, 1.807) is 0 Å². The Bertz CT molecular complexity index is 571. The Morgan fingerprint density at radius 2 is 2.28 bits per heavy atom. The molecule has 18 heavy (non-hydrogen) atoms. The van der Waals surface area contributed by atoms with Crippen molar-refractivity contribution in [2.75, 3.05) is 18.8 Å². The second kappa shape index (κ2) is 4.58. The zero-order chi connectivity index (χ0) is 12.5. The van der Waals surface area contributed by atoms with E-state index in [1.165, 1.54) is 18.4 Å². The maximum atomic E-state index is 6.05. The number of nitrogens with one attached hydrogen (secondary N) is 1. The fraction of sp³-hybridized carbons (Fsp3) is 0.400. The molecule has 0 spiro atoms. The van der Waals surface area contributed by atoms with Crippen LogP contribution in [0, 0.1) is 6.92 Å². The van der Waals surface area contributed by atoms with Gasteiger partial charge in [-0.25, -0.2) is 0 Å². The summed E-state index contributed by atoms with van der Waals surface area (Å²) in [6.45, 7) is 4.30. The lowest BCUT2D eigenvalue weighted by Gasteiger charge is -2.24. The highest BCUT2D eigenvalue weighted by atomic mass is 14.9. The first-order valence-electron chi connectivity index (χ1n) is 6.62. The number of fused-ring (bicyclic) bond motifs is 1. The first-order valence-corrected chi connectivity index (χ1v) is 6.62. The van der Waals surface area contributed by atoms with Crippen molar-refractivity contribution in [2.45, 2.75) is 25.7 Å². The SMILES string of the molecule is Cc1nc2cccc(N)c2cc1C1CCCNC1. The van der Waals surface area contributed by atoms with E-state index in [-0.39, 0.29) is 0 Å². The predicted octanol–water partition coefficient (Wildman–Crippen LogP) is 2.59. The first-order chi connectivity index (χ1) is 8.75. The van der Waals surface area contributed by atoms with E-state index < -0.39 is 0 Å². The summed E-state index contributed by atoms with van der Waals surface area (Å²) in [7, 11) is 0. The second-order valence-electron chi connectivity index (χ2n) is 5.12. The van der Waals surface area contributed by atoms with Gasteiger partial charge in [0.15, 0.2) is 0 Å². The van der Waals surface area contributed by atoms with Crippen LogP contribution in [0.4, 0.5) is 5.69 Å². The molecule has 1 aliphatic rings. The summed E-state index contributed by atoms with van der Waals surface area (Å²) in [6.07, 6.45) is 2.49. The molecule has 3 N–H and O–H groups in total. The van der Waals surface area contributed by atoms with Crippen LogP contribution in [0.3, 0.4) is 0 Å². The Balaban J connectivity index is 2.11. The maximum Gasteiger partial charge on any atom is 0.0726 e. The van der Waals surface area contributed by atoms with Gasteiger partial charge in [0.2, 0.25) is 0 Å². The van der Waals surface area contributed by atoms with E-state index in [0.29, 0.717) is 5.92 Å². The molecule has 2 heterocycles. The molecule has 2 aromatic rings. The summed E-state index contributed by atoms with van der Waals surface area (Å²) >= 11 is 0. The smallest absolute Gasteiger partial charge is 0.0726 e. The van der Waals surface area contributed by atoms with Crippen LogP contribution >= 0.6 is 0 Å². The Morgan fingerprint density at radius 1 is 1.39 bits per heavy atom. The van der Waals surface area contributed by atoms with Gasteiger partial charge in [-0.1, -0.05) is 6.07 Å². The van der Waals surface area contributed by atoms with E-state index in [4.69, 9.17) is 10.7 Å². The lowest BCUT2D eigenvalue weighted by molar-refractivity contribution is 0.460. The number of rotatable bonds is 1. The van der Waals surface area contributed by atoms with Crippen LogP contribution in [0.2, 0.25) is 0 Å². The van der Waals surface area contributed by atoms with E-state index in [2.05, 4.69) is 18.3 Å². The molecule has 1 atom stereocenters. The fourth-order valence-electron chi connectivity index (χ4n) is 2.86. The van der Waals surface area contributed by atoms with E-state index in [1.807, 2.05) is 18.2 Å². The molecule has 0 amide bonds. The molecule has 1 aliphatic heterocycles. The van der Waals surface area contributed by atoms with Gasteiger partial charge in [0.05, 0.1) is 5.52 Å². The van der Waals surface area contributed by atoms with Crippen molar-refractivity contribution in [1.82, 2.24) is 10.3 Å². The number of pyridine rings is 1. The highest BCUT2D eigenvalue weighted by Gasteiger charge is 2.18. The standard InChI is InChI=1S/C15H19N3/c1-10-12(11-4-3-7-17-9-11)8-13-14(16)5-2-6-15(13)18-10/h2,5-6,8,11,17H,3-4,7,9,16H2,1H3. The summed E-state index contributed by atoms with van der Waals surface area (Å²) in [5, 5.41) is 4.55. The number of hydrogen-bond acceptors (Lipinski definition) is 3. The molecular weight excluding hydrogens is 222 g/mol. The lowest BCUT2D eigenvalue weighted by atomic mass is 9.90. The number of benzene rings is 1. The summed E-state index contributed by atoms with van der Waals surface area (Å²) in [4.78, 5) is 4.70. The van der Waals surface area contributed by atoms with E-state index in [9.17, 15) is 0 Å². The van der Waals surface area contributed by atoms with Crippen molar-refractivity contribution in [2.24, 2.45) is 0 Å². The molecule has 1 aromatic heterocycles. The third-order valence-corrected chi connectivity index (χ3v) is 3.86. The Kier molecular flexibility index (Phi) is 2.92. The predicted molar refractivity (Wildman–Crippen MR) is 75.7 cm³/mol. The molecule has 0 bridgehead atoms. The Hall–Kier alpha value is -1.61. The van der Waals surface area contributed by atoms with Gasteiger partial charge in [-0.05, 0) is 56.0 Å². The maximum absolute atomic E-state index is 6.05. The molecule has 0 aliphatic carbocycles. The zero-order valence-corrected chi connectivity index (χ0v) is 10.7. The highest BCUT2D eigenvalue weighted by Crippen LogP contribution is 2.29. The van der Waals surface area contributed by atoms with Gasteiger partial charge in [0.25, 0.3) is 0 Å². The molecule has 3 nitrogen and oxygen atoms in total. The summed E-state index contributed by atoms with van der Waals surface area (Å²) in [5.74, 6) is 0.579. The molecule has 94 valence electrons. The fourth-order valence-corrected chi connectivity index (χ4v) is 2.86. The third-order valence-electron chi connectivity index (χ3n) is 3.86. The van der Waals surface area contributed by atoms with E-state index >= 15 is 0 Å². The third kappa shape index (κ3) is 1.95. The topological polar surface area (TPSA) is 50.9 Å². The minimum atomic E-state index is 0.579. The molecule has 1 fully saturated rings. The normalized spacial score (nSPS) is 20.2. The zero-order valence-electron chi connectivity index (χ0n) is 10.7. The minimum absolute atomic E-state index is 0.579. The molecule has 3 rings (SSSR count). The van der Waals surface area contributed by atoms with E-state index in [0.717, 1.165) is 35.4 Å². The van der Waals surface area contributed by atoms with Gasteiger partial charge in [-0.2, -0.15) is 0 Å². The monoisotopic (exact) mass is 241 g/mol. The Labute approximate surface area is 107 Å². The number of nitrogen functional groups attached to an aromatic ring is 1. The van der Waals surface area contributed by atoms with Crippen LogP contribution in [0.15, 0.2) is 24.3 Å². The van der Waals surface area contributed by atoms with Gasteiger partial charge in [0, 0.05) is 23.3 Å². The summed E-state index contributed by atoms with van der Waals surface area (Å²) < 4.78 is 0. The summed E-state index contributed by atoms with van der Waals surface area (Å²) in [6, 6.07) is 8.18. The Morgan fingerprint density at radius 3 is 3.06 bits per heavy atom. The molecule has 1 unspecified atom stereocenters. The quantitative estimate of drug-likeness (QED) is 0.754. The van der Waals surface area contributed by atoms with Crippen LogP contribution in [0.25, 0.3) is 10.9 Å². The molecule has 0 radical (unpaired) electrons. The van der Waals surface area contributed by atoms with Gasteiger partial charge in [-0.15, -0.1) is 0 Å². The summed E-state index contributed by atoms with van der Waals surface area (Å²) in [5.41, 5.74) is 10.4. The lowest BCUT2D eigenvalue weighted by Crippen LogP contribution is -2.28. The number of nitrogens with zero attached hydrogens (tertiary/aromatic N) is 1. The number of aryl methyl sites for hydroxylation is 1. The van der Waals surface area contributed by atoms with Crippen molar-refractivity contribution in [3.05, 3.63) is 35.5 Å². The first kappa shape index (κ1) is 11.5. The van der Waals surface area contributed by atoms with Crippen molar-refractivity contribution < 1.29 is 0 Å². The van der Waals surface area contributed by atoms with Crippen LogP contribution in [0.5, 0.6) is 0 Å². The van der Waals surface area contributed by atoms with Gasteiger partial charge >= 0.3 is 0 Å². The van der Waals surface area contributed by atoms with Crippen LogP contribution in [0.1, 0.15) is 30.0 Å². The van der Waals surface area contributed by atoms with Gasteiger partial charge < -0.3 is 11.1 Å². The van der Waals surface area contributed by atoms with Crippen molar-refractivity contribution in [1.29, 1.82) is 0 Å². The molecular formula is C15H19N3. The highest BCUT2D eigenvalue weighted by molar-refractivity contribution is 5.90. The van der Waals surface area contributed by atoms with Crippen molar-refractivity contribution in [3.63, 3.8) is 0 Å². The number of hydrogen-bond donors (Lipinski definition) is 2. The van der Waals surface area contributed by atoms with Crippen LogP contribution in [-0.2, 0) is 0 Å². The average Bonchev–Trinajstić information content (AvgIpc) is 2.39. The number of aromatic nitrogens is 1. The van der Waals surface area contributed by atoms with Gasteiger partial charge in [-0.3, -0.25) is 4.98 Å². The van der Waals surface area contributed by atoms with Crippen LogP contribution in [-0.4, -0.2) is 18.1 Å². The second-order valence-corrected chi connectivity index (χ2v) is 5.12. The van der Waals surface area contributed by atoms with Gasteiger partial charge in [0.1, 0.15) is 0 Å².